The van der Waals surface area contributed by atoms with Gasteiger partial charge in [0, 0.05) is 6.04 Å². The van der Waals surface area contributed by atoms with Gasteiger partial charge in [-0.05, 0) is 49.1 Å². The van der Waals surface area contributed by atoms with E-state index in [2.05, 4.69) is 36.5 Å². The van der Waals surface area contributed by atoms with Crippen LogP contribution in [0.1, 0.15) is 42.4 Å². The summed E-state index contributed by atoms with van der Waals surface area (Å²) >= 11 is 0. The molecule has 1 aliphatic carbocycles. The number of nitrogens with zero attached hydrogens (tertiary/aromatic N) is 1. The second-order valence-electron chi connectivity index (χ2n) is 6.97. The molecule has 3 rings (SSSR count). The van der Waals surface area contributed by atoms with Gasteiger partial charge in [-0.15, -0.1) is 0 Å². The first-order chi connectivity index (χ1) is 13.1. The van der Waals surface area contributed by atoms with Crippen LogP contribution in [0, 0.1) is 18.3 Å². The van der Waals surface area contributed by atoms with Gasteiger partial charge >= 0.3 is 0 Å². The molecule has 0 bridgehead atoms. The number of nitriles is 1. The number of rotatable bonds is 6. The number of hydrogen-bond acceptors (Lipinski definition) is 3. The summed E-state index contributed by atoms with van der Waals surface area (Å²) < 4.78 is 5.79. The van der Waals surface area contributed by atoms with Crippen molar-refractivity contribution < 1.29 is 9.53 Å². The molecule has 0 radical (unpaired) electrons. The lowest BCUT2D eigenvalue weighted by Gasteiger charge is -2.11. The minimum atomic E-state index is -0.288. The summed E-state index contributed by atoms with van der Waals surface area (Å²) in [6.45, 7) is 2.56. The van der Waals surface area contributed by atoms with Crippen molar-refractivity contribution in [3.8, 4) is 11.8 Å². The molecule has 4 heteroatoms. The number of benzene rings is 2. The Morgan fingerprint density at radius 3 is 2.44 bits per heavy atom. The fourth-order valence-corrected chi connectivity index (χ4v) is 3.16. The highest BCUT2D eigenvalue weighted by atomic mass is 16.5. The van der Waals surface area contributed by atoms with Crippen molar-refractivity contribution in [1.29, 1.82) is 5.26 Å². The van der Waals surface area contributed by atoms with E-state index >= 15 is 0 Å². The molecule has 0 unspecified atom stereocenters. The third-order valence-corrected chi connectivity index (χ3v) is 4.77. The SMILES string of the molecule is Cc1ccc(COc2ccc(/C=C(/C#N)C(=O)NC3CCCC3)cc2)cc1. The normalized spacial score (nSPS) is 14.6. The van der Waals surface area contributed by atoms with Gasteiger partial charge in [0.15, 0.2) is 0 Å². The zero-order valence-corrected chi connectivity index (χ0v) is 15.6. The Morgan fingerprint density at radius 2 is 1.81 bits per heavy atom. The third kappa shape index (κ3) is 5.46. The molecular weight excluding hydrogens is 336 g/mol. The van der Waals surface area contributed by atoms with Crippen molar-refractivity contribution in [1.82, 2.24) is 5.32 Å². The summed E-state index contributed by atoms with van der Waals surface area (Å²) in [5.41, 5.74) is 3.27. The van der Waals surface area contributed by atoms with Gasteiger partial charge in [0.1, 0.15) is 24.0 Å². The van der Waals surface area contributed by atoms with Crippen LogP contribution < -0.4 is 10.1 Å². The van der Waals surface area contributed by atoms with Gasteiger partial charge in [-0.1, -0.05) is 54.8 Å². The molecule has 0 spiro atoms. The molecule has 2 aromatic rings. The monoisotopic (exact) mass is 360 g/mol. The molecule has 0 atom stereocenters. The Balaban J connectivity index is 1.59. The highest BCUT2D eigenvalue weighted by molar-refractivity contribution is 6.01. The van der Waals surface area contributed by atoms with Crippen LogP contribution in [0.3, 0.4) is 0 Å². The Kier molecular flexibility index (Phi) is 6.27. The number of hydrogen-bond donors (Lipinski definition) is 1. The number of nitrogens with one attached hydrogen (secondary N) is 1. The first-order valence-corrected chi connectivity index (χ1v) is 9.35. The Hall–Kier alpha value is -3.06. The maximum absolute atomic E-state index is 12.3. The number of carbonyl (C=O) groups excluding carboxylic acids is 1. The van der Waals surface area contributed by atoms with Gasteiger partial charge in [0.05, 0.1) is 0 Å². The molecule has 0 heterocycles. The van der Waals surface area contributed by atoms with Crippen molar-refractivity contribution in [2.75, 3.05) is 0 Å². The molecule has 0 aliphatic heterocycles. The van der Waals surface area contributed by atoms with E-state index in [4.69, 9.17) is 4.74 Å². The first kappa shape index (κ1) is 18.7. The summed E-state index contributed by atoms with van der Waals surface area (Å²) in [6.07, 6.45) is 5.89. The maximum atomic E-state index is 12.3. The highest BCUT2D eigenvalue weighted by Crippen LogP contribution is 2.19. The molecule has 4 nitrogen and oxygen atoms in total. The van der Waals surface area contributed by atoms with Gasteiger partial charge in [0.25, 0.3) is 5.91 Å². The molecule has 27 heavy (non-hydrogen) atoms. The fourth-order valence-electron chi connectivity index (χ4n) is 3.16. The number of amides is 1. The van der Waals surface area contributed by atoms with Crippen LogP contribution in [-0.4, -0.2) is 11.9 Å². The molecule has 0 saturated heterocycles. The lowest BCUT2D eigenvalue weighted by molar-refractivity contribution is -0.117. The summed E-state index contributed by atoms with van der Waals surface area (Å²) in [4.78, 5) is 12.3. The second-order valence-corrected chi connectivity index (χ2v) is 6.97. The van der Waals surface area contributed by atoms with Crippen LogP contribution in [-0.2, 0) is 11.4 Å². The van der Waals surface area contributed by atoms with Crippen molar-refractivity contribution in [3.63, 3.8) is 0 Å². The van der Waals surface area contributed by atoms with Gasteiger partial charge in [-0.3, -0.25) is 4.79 Å². The summed E-state index contributed by atoms with van der Waals surface area (Å²) in [5.74, 6) is 0.464. The standard InChI is InChI=1S/C23H24N2O2/c1-17-6-8-19(9-7-17)16-27-22-12-10-18(11-13-22)14-20(15-24)23(26)25-21-4-2-3-5-21/h6-14,21H,2-5,16H2,1H3,(H,25,26)/b20-14-. The quantitative estimate of drug-likeness (QED) is 0.608. The third-order valence-electron chi connectivity index (χ3n) is 4.77. The summed E-state index contributed by atoms with van der Waals surface area (Å²) in [5, 5.41) is 12.3. The van der Waals surface area contributed by atoms with E-state index in [9.17, 15) is 10.1 Å². The van der Waals surface area contributed by atoms with Crippen molar-refractivity contribution in [3.05, 3.63) is 70.8 Å². The van der Waals surface area contributed by atoms with Crippen molar-refractivity contribution >= 4 is 12.0 Å². The smallest absolute Gasteiger partial charge is 0.262 e. The lowest BCUT2D eigenvalue weighted by atomic mass is 10.1. The molecule has 0 aromatic heterocycles. The molecule has 1 fully saturated rings. The first-order valence-electron chi connectivity index (χ1n) is 9.35. The molecule has 1 aliphatic rings. The van der Waals surface area contributed by atoms with E-state index in [1.54, 1.807) is 6.08 Å². The average Bonchev–Trinajstić information content (AvgIpc) is 3.19. The minimum absolute atomic E-state index is 0.134. The average molecular weight is 360 g/mol. The molecule has 138 valence electrons. The molecule has 2 aromatic carbocycles. The fraction of sp³-hybridized carbons (Fsp3) is 0.304. The van der Waals surface area contributed by atoms with Gasteiger partial charge < -0.3 is 10.1 Å². The van der Waals surface area contributed by atoms with E-state index in [1.807, 2.05) is 30.3 Å². The predicted octanol–water partition coefficient (Wildman–Crippen LogP) is 4.54. The van der Waals surface area contributed by atoms with Crippen LogP contribution in [0.2, 0.25) is 0 Å². The van der Waals surface area contributed by atoms with Gasteiger partial charge in [-0.2, -0.15) is 5.26 Å². The number of carbonyl (C=O) groups is 1. The Morgan fingerprint density at radius 1 is 1.15 bits per heavy atom. The van der Waals surface area contributed by atoms with E-state index < -0.39 is 0 Å². The summed E-state index contributed by atoms with van der Waals surface area (Å²) in [6, 6.07) is 17.8. The molecule has 1 amide bonds. The zero-order chi connectivity index (χ0) is 19.1. The topological polar surface area (TPSA) is 62.1 Å². The second kappa shape index (κ2) is 9.05. The van der Waals surface area contributed by atoms with Crippen LogP contribution in [0.5, 0.6) is 5.75 Å². The van der Waals surface area contributed by atoms with Crippen LogP contribution in [0.4, 0.5) is 0 Å². The molecular formula is C23H24N2O2. The highest BCUT2D eigenvalue weighted by Gasteiger charge is 2.19. The van der Waals surface area contributed by atoms with E-state index in [0.29, 0.717) is 6.61 Å². The number of aryl methyl sites for hydroxylation is 1. The van der Waals surface area contributed by atoms with Crippen LogP contribution in [0.15, 0.2) is 54.1 Å². The molecule has 1 N–H and O–H groups in total. The minimum Gasteiger partial charge on any atom is -0.489 e. The van der Waals surface area contributed by atoms with E-state index in [1.165, 1.54) is 5.56 Å². The van der Waals surface area contributed by atoms with Crippen molar-refractivity contribution in [2.24, 2.45) is 0 Å². The largest absolute Gasteiger partial charge is 0.489 e. The maximum Gasteiger partial charge on any atom is 0.262 e. The molecule has 1 saturated carbocycles. The Bertz CT molecular complexity index is 839. The van der Waals surface area contributed by atoms with Gasteiger partial charge in [0.2, 0.25) is 0 Å². The van der Waals surface area contributed by atoms with Gasteiger partial charge in [-0.25, -0.2) is 0 Å². The summed E-state index contributed by atoms with van der Waals surface area (Å²) in [7, 11) is 0. The lowest BCUT2D eigenvalue weighted by Crippen LogP contribution is -2.33. The Labute approximate surface area is 160 Å². The number of ether oxygens (including phenoxy) is 1. The van der Waals surface area contributed by atoms with Crippen LogP contribution in [0.25, 0.3) is 6.08 Å². The predicted molar refractivity (Wildman–Crippen MR) is 106 cm³/mol. The zero-order valence-electron chi connectivity index (χ0n) is 15.6. The van der Waals surface area contributed by atoms with Crippen molar-refractivity contribution in [2.45, 2.75) is 45.3 Å². The van der Waals surface area contributed by atoms with E-state index in [-0.39, 0.29) is 17.5 Å². The van der Waals surface area contributed by atoms with Crippen LogP contribution >= 0.6 is 0 Å². The van der Waals surface area contributed by atoms with E-state index in [0.717, 1.165) is 42.6 Å².